The predicted octanol–water partition coefficient (Wildman–Crippen LogP) is 4.06. The number of morpholine rings is 1. The number of rotatable bonds is 2. The van der Waals surface area contributed by atoms with E-state index in [9.17, 15) is 9.59 Å². The molecule has 1 aromatic carbocycles. The lowest BCUT2D eigenvalue weighted by molar-refractivity contribution is -0.0573. The van der Waals surface area contributed by atoms with Gasteiger partial charge in [-0.05, 0) is 51.5 Å². The number of carbonyl (C=O) groups excluding carboxylic acids is 1. The van der Waals surface area contributed by atoms with Gasteiger partial charge in [0, 0.05) is 5.69 Å². The zero-order chi connectivity index (χ0) is 22.3. The van der Waals surface area contributed by atoms with Gasteiger partial charge < -0.3 is 14.5 Å². The number of ether oxygens (including phenoxy) is 2. The summed E-state index contributed by atoms with van der Waals surface area (Å²) in [6.45, 7) is 8.34. The lowest BCUT2D eigenvalue weighted by atomic mass is 10.0. The van der Waals surface area contributed by atoms with Gasteiger partial charge in [-0.2, -0.15) is 0 Å². The number of amides is 1. The normalized spacial score (nSPS) is 19.6. The number of benzene rings is 1. The van der Waals surface area contributed by atoms with Gasteiger partial charge in [-0.1, -0.05) is 23.7 Å². The zero-order valence-electron chi connectivity index (χ0n) is 17.9. The van der Waals surface area contributed by atoms with Gasteiger partial charge in [0.25, 0.3) is 5.56 Å². The van der Waals surface area contributed by atoms with Crippen LogP contribution in [0.3, 0.4) is 0 Å². The SMILES string of the molecule is C[C@@H]1COC[C@H](c2ccc(-n3c(Cl)cc4c(=O)[nH]cnc43)cc2)N1C(=O)OC(C)(C)C. The molecule has 31 heavy (non-hydrogen) atoms. The summed E-state index contributed by atoms with van der Waals surface area (Å²) < 4.78 is 13.1. The average Bonchev–Trinajstić information content (AvgIpc) is 3.04. The minimum atomic E-state index is -0.583. The lowest BCUT2D eigenvalue weighted by Gasteiger charge is -2.41. The topological polar surface area (TPSA) is 89.5 Å². The van der Waals surface area contributed by atoms with Crippen LogP contribution in [0.2, 0.25) is 5.15 Å². The summed E-state index contributed by atoms with van der Waals surface area (Å²) >= 11 is 6.39. The van der Waals surface area contributed by atoms with Crippen LogP contribution >= 0.6 is 11.6 Å². The van der Waals surface area contributed by atoms with E-state index in [1.54, 1.807) is 15.5 Å². The quantitative estimate of drug-likeness (QED) is 0.643. The average molecular weight is 445 g/mol. The maximum atomic E-state index is 12.9. The van der Waals surface area contributed by atoms with Crippen molar-refractivity contribution in [3.8, 4) is 5.69 Å². The van der Waals surface area contributed by atoms with Gasteiger partial charge in [0.2, 0.25) is 0 Å². The maximum absolute atomic E-state index is 12.9. The molecular formula is C22H25ClN4O4. The Labute approximate surface area is 184 Å². The third-order valence-electron chi connectivity index (χ3n) is 5.14. The van der Waals surface area contributed by atoms with E-state index in [1.165, 1.54) is 6.33 Å². The minimum Gasteiger partial charge on any atom is -0.444 e. The summed E-state index contributed by atoms with van der Waals surface area (Å²) in [4.78, 5) is 33.5. The predicted molar refractivity (Wildman–Crippen MR) is 118 cm³/mol. The molecule has 2 aromatic heterocycles. The molecule has 1 aliphatic heterocycles. The summed E-state index contributed by atoms with van der Waals surface area (Å²) in [5.74, 6) is 0. The number of aromatic nitrogens is 3. The number of fused-ring (bicyclic) bond motifs is 1. The molecule has 0 aliphatic carbocycles. The van der Waals surface area contributed by atoms with Crippen LogP contribution in [-0.2, 0) is 9.47 Å². The lowest BCUT2D eigenvalue weighted by Crippen LogP contribution is -2.50. The second-order valence-corrected chi connectivity index (χ2v) is 9.04. The summed E-state index contributed by atoms with van der Waals surface area (Å²) in [7, 11) is 0. The Morgan fingerprint density at radius 3 is 2.65 bits per heavy atom. The Morgan fingerprint density at radius 1 is 1.26 bits per heavy atom. The van der Waals surface area contributed by atoms with Crippen molar-refractivity contribution in [3.05, 3.63) is 57.7 Å². The van der Waals surface area contributed by atoms with Gasteiger partial charge in [-0.25, -0.2) is 9.78 Å². The Kier molecular flexibility index (Phi) is 5.53. The van der Waals surface area contributed by atoms with Gasteiger partial charge in [0.15, 0.2) is 5.65 Å². The van der Waals surface area contributed by atoms with Crippen molar-refractivity contribution < 1.29 is 14.3 Å². The van der Waals surface area contributed by atoms with E-state index in [0.29, 0.717) is 29.4 Å². The van der Waals surface area contributed by atoms with Gasteiger partial charge in [0.1, 0.15) is 10.8 Å². The Bertz CT molecular complexity index is 1160. The Hall–Kier alpha value is -2.84. The van der Waals surface area contributed by atoms with Gasteiger partial charge in [-0.15, -0.1) is 0 Å². The molecule has 3 aromatic rings. The molecule has 0 bridgehead atoms. The number of carbonyl (C=O) groups is 1. The van der Waals surface area contributed by atoms with Gasteiger partial charge in [-0.3, -0.25) is 14.3 Å². The van der Waals surface area contributed by atoms with Crippen molar-refractivity contribution >= 4 is 28.7 Å². The highest BCUT2D eigenvalue weighted by Crippen LogP contribution is 2.31. The third-order valence-corrected chi connectivity index (χ3v) is 5.42. The van der Waals surface area contributed by atoms with E-state index < -0.39 is 5.60 Å². The monoisotopic (exact) mass is 444 g/mol. The Morgan fingerprint density at radius 2 is 1.97 bits per heavy atom. The van der Waals surface area contributed by atoms with Gasteiger partial charge in [0.05, 0.1) is 37.0 Å². The van der Waals surface area contributed by atoms with Crippen molar-refractivity contribution in [1.82, 2.24) is 19.4 Å². The smallest absolute Gasteiger partial charge is 0.411 e. The number of nitrogens with one attached hydrogen (secondary N) is 1. The number of nitrogens with zero attached hydrogens (tertiary/aromatic N) is 3. The summed E-state index contributed by atoms with van der Waals surface area (Å²) in [5.41, 5.74) is 1.32. The first kappa shape index (κ1) is 21.4. The van der Waals surface area contributed by atoms with E-state index in [0.717, 1.165) is 11.3 Å². The Balaban J connectivity index is 1.67. The fourth-order valence-electron chi connectivity index (χ4n) is 3.78. The molecule has 8 nitrogen and oxygen atoms in total. The number of halogens is 1. The van der Waals surface area contributed by atoms with Gasteiger partial charge >= 0.3 is 6.09 Å². The number of H-pyrrole nitrogens is 1. The first-order valence-electron chi connectivity index (χ1n) is 10.1. The van der Waals surface area contributed by atoms with Crippen molar-refractivity contribution in [3.63, 3.8) is 0 Å². The molecule has 1 fully saturated rings. The standard InChI is InChI=1S/C22H25ClN4O4/c1-13-10-30-11-17(26(13)21(29)31-22(2,3)4)14-5-7-15(8-6-14)27-18(23)9-16-19(27)24-12-25-20(16)28/h5-9,12-13,17H,10-11H2,1-4H3,(H,24,25,28)/t13-,17-/m1/s1. The molecule has 1 saturated heterocycles. The zero-order valence-corrected chi connectivity index (χ0v) is 18.6. The van der Waals surface area contributed by atoms with Crippen LogP contribution in [0.4, 0.5) is 4.79 Å². The molecule has 0 unspecified atom stereocenters. The molecule has 4 rings (SSSR count). The van der Waals surface area contributed by atoms with Crippen LogP contribution in [0.1, 0.15) is 39.3 Å². The fourth-order valence-corrected chi connectivity index (χ4v) is 4.07. The van der Waals surface area contributed by atoms with Crippen LogP contribution in [0.5, 0.6) is 0 Å². The first-order chi connectivity index (χ1) is 14.7. The molecule has 3 heterocycles. The molecule has 0 radical (unpaired) electrons. The van der Waals surface area contributed by atoms with Crippen LogP contribution in [0.15, 0.2) is 41.5 Å². The molecule has 1 amide bonds. The van der Waals surface area contributed by atoms with E-state index in [4.69, 9.17) is 21.1 Å². The van der Waals surface area contributed by atoms with Crippen LogP contribution in [0, 0.1) is 0 Å². The molecule has 1 aliphatic rings. The van der Waals surface area contributed by atoms with E-state index in [1.807, 2.05) is 52.0 Å². The molecule has 2 atom stereocenters. The van der Waals surface area contributed by atoms with Crippen LogP contribution < -0.4 is 5.56 Å². The van der Waals surface area contributed by atoms with E-state index in [-0.39, 0.29) is 23.7 Å². The second kappa shape index (κ2) is 8.01. The minimum absolute atomic E-state index is 0.118. The van der Waals surface area contributed by atoms with E-state index >= 15 is 0 Å². The first-order valence-corrected chi connectivity index (χ1v) is 10.5. The molecular weight excluding hydrogens is 420 g/mol. The molecule has 1 N–H and O–H groups in total. The number of hydrogen-bond acceptors (Lipinski definition) is 5. The van der Waals surface area contributed by atoms with Crippen molar-refractivity contribution in [2.75, 3.05) is 13.2 Å². The van der Waals surface area contributed by atoms with Crippen molar-refractivity contribution in [2.24, 2.45) is 0 Å². The van der Waals surface area contributed by atoms with Crippen LogP contribution in [-0.4, -0.2) is 50.4 Å². The highest BCUT2D eigenvalue weighted by molar-refractivity contribution is 6.31. The van der Waals surface area contributed by atoms with Crippen molar-refractivity contribution in [2.45, 2.75) is 45.4 Å². The molecule has 0 spiro atoms. The number of hydrogen-bond donors (Lipinski definition) is 1. The van der Waals surface area contributed by atoms with Crippen LogP contribution in [0.25, 0.3) is 16.7 Å². The molecule has 164 valence electrons. The maximum Gasteiger partial charge on any atom is 0.411 e. The fraction of sp³-hybridized carbons (Fsp3) is 0.409. The molecule has 9 heteroatoms. The summed E-state index contributed by atoms with van der Waals surface area (Å²) in [5, 5.41) is 0.805. The highest BCUT2D eigenvalue weighted by atomic mass is 35.5. The number of aromatic amines is 1. The summed E-state index contributed by atoms with van der Waals surface area (Å²) in [6, 6.07) is 8.82. The third kappa shape index (κ3) is 4.18. The highest BCUT2D eigenvalue weighted by Gasteiger charge is 2.36. The second-order valence-electron chi connectivity index (χ2n) is 8.65. The summed E-state index contributed by atoms with van der Waals surface area (Å²) in [6.07, 6.45) is 0.992. The van der Waals surface area contributed by atoms with E-state index in [2.05, 4.69) is 9.97 Å². The van der Waals surface area contributed by atoms with Crippen molar-refractivity contribution in [1.29, 1.82) is 0 Å². The molecule has 0 saturated carbocycles. The largest absolute Gasteiger partial charge is 0.444 e.